The highest BCUT2D eigenvalue weighted by Gasteiger charge is 2.31. The molecule has 0 saturated heterocycles. The molecule has 7 heteroatoms. The zero-order chi connectivity index (χ0) is 27.7. The van der Waals surface area contributed by atoms with E-state index in [9.17, 15) is 18.3 Å². The molecule has 0 spiro atoms. The first-order valence-corrected chi connectivity index (χ1v) is 14.1. The van der Waals surface area contributed by atoms with Crippen LogP contribution in [0.3, 0.4) is 0 Å². The lowest BCUT2D eigenvalue weighted by Crippen LogP contribution is -2.09. The zero-order valence-corrected chi connectivity index (χ0v) is 23.8. The van der Waals surface area contributed by atoms with Crippen LogP contribution in [-0.2, 0) is 6.18 Å². The van der Waals surface area contributed by atoms with Gasteiger partial charge in [-0.15, -0.1) is 0 Å². The Morgan fingerprint density at radius 2 is 1.64 bits per heavy atom. The molecule has 0 aliphatic carbocycles. The third-order valence-corrected chi connectivity index (χ3v) is 6.36. The second kappa shape index (κ2) is 18.0. The van der Waals surface area contributed by atoms with E-state index in [1.165, 1.54) is 55.9 Å². The van der Waals surface area contributed by atoms with Crippen molar-refractivity contribution in [1.82, 2.24) is 0 Å². The summed E-state index contributed by atoms with van der Waals surface area (Å²) >= 11 is 1.42. The number of alkyl halides is 3. The molecule has 2 heterocycles. The van der Waals surface area contributed by atoms with Gasteiger partial charge in [0, 0.05) is 33.1 Å². The number of nitrogens with two attached hydrogens (primary N) is 1. The molecule has 0 saturated carbocycles. The van der Waals surface area contributed by atoms with E-state index >= 15 is 0 Å². The maximum absolute atomic E-state index is 12.7. The van der Waals surface area contributed by atoms with Crippen LogP contribution < -0.4 is 5.73 Å². The second-order valence-corrected chi connectivity index (χ2v) is 8.88. The smallest absolute Gasteiger partial charge is 0.416 e. The largest absolute Gasteiger partial charge is 0.507 e. The lowest BCUT2D eigenvalue weighted by molar-refractivity contribution is -0.137. The number of unbranched alkanes of at least 4 members (excludes halogenated alkanes) is 3. The van der Waals surface area contributed by atoms with Crippen LogP contribution in [0.2, 0.25) is 0 Å². The molecule has 1 atom stereocenters. The normalized spacial score (nSPS) is 13.2. The predicted molar refractivity (Wildman–Crippen MR) is 151 cm³/mol. The number of nitrogens with zero attached hydrogens (tertiary/aromatic N) is 1. The summed E-state index contributed by atoms with van der Waals surface area (Å²) in [6, 6.07) is 2.89. The average Bonchev–Trinajstić information content (AvgIpc) is 3.31. The van der Waals surface area contributed by atoms with Gasteiger partial charge in [-0.3, -0.25) is 4.99 Å². The number of thiophene rings is 1. The molecule has 2 aromatic rings. The van der Waals surface area contributed by atoms with E-state index in [0.29, 0.717) is 29.6 Å². The Labute approximate surface area is 220 Å². The summed E-state index contributed by atoms with van der Waals surface area (Å²) in [6.07, 6.45) is 5.71. The molecule has 3 N–H and O–H groups in total. The van der Waals surface area contributed by atoms with Crippen LogP contribution in [0.25, 0.3) is 5.70 Å². The summed E-state index contributed by atoms with van der Waals surface area (Å²) in [4.78, 5) is 4.34. The van der Waals surface area contributed by atoms with Gasteiger partial charge in [0.1, 0.15) is 5.75 Å². The molecular formula is C29H45F3N2OS. The van der Waals surface area contributed by atoms with E-state index in [1.807, 2.05) is 38.5 Å². The van der Waals surface area contributed by atoms with Crippen molar-refractivity contribution in [2.24, 2.45) is 16.6 Å². The summed E-state index contributed by atoms with van der Waals surface area (Å²) in [5.74, 6) is 0.503. The van der Waals surface area contributed by atoms with Gasteiger partial charge in [-0.25, -0.2) is 0 Å². The summed E-state index contributed by atoms with van der Waals surface area (Å²) in [5.41, 5.74) is 7.80. The molecule has 1 aliphatic rings. The minimum absolute atomic E-state index is 0.260. The topological polar surface area (TPSA) is 58.6 Å². The van der Waals surface area contributed by atoms with Gasteiger partial charge < -0.3 is 10.8 Å². The number of benzene rings is 1. The van der Waals surface area contributed by atoms with Crippen LogP contribution in [0.1, 0.15) is 109 Å². The Kier molecular flexibility index (Phi) is 16.9. The summed E-state index contributed by atoms with van der Waals surface area (Å²) in [5, 5.41) is 13.7. The Hall–Kier alpha value is -2.28. The standard InChI is InChI=1S/C15H11F3N2OS.C10H22.2C2H6/c16-15(17,18)8-1-2-9(13(21)5-8)14-11-7-22-6-10(11)12(19)3-4-20-14;1-4-6-7-8-9-10(3)5-2;2*1-2/h1-3,5-7,21H,4,19H2;10H,4-9H2,1-3H3;2*1-2H3. The molecule has 204 valence electrons. The fourth-order valence-electron chi connectivity index (χ4n) is 3.40. The molecule has 1 unspecified atom stereocenters. The number of phenolic OH excluding ortho intramolecular Hbond substituents is 1. The minimum atomic E-state index is -4.50. The SMILES string of the molecule is CC.CC.CCCCCCC(C)CC.NC1=CCN=C(c2ccc(C(F)(F)F)cc2O)c2cscc21. The van der Waals surface area contributed by atoms with Crippen molar-refractivity contribution in [2.75, 3.05) is 6.54 Å². The lowest BCUT2D eigenvalue weighted by atomic mass is 9.98. The van der Waals surface area contributed by atoms with Crippen molar-refractivity contribution in [2.45, 2.75) is 93.2 Å². The monoisotopic (exact) mass is 526 g/mol. The molecule has 1 aromatic carbocycles. The number of phenols is 1. The fraction of sp³-hybridized carbons (Fsp3) is 0.552. The highest BCUT2D eigenvalue weighted by atomic mass is 32.1. The molecule has 0 amide bonds. The van der Waals surface area contributed by atoms with E-state index in [4.69, 9.17) is 5.73 Å². The maximum Gasteiger partial charge on any atom is 0.416 e. The van der Waals surface area contributed by atoms with Crippen LogP contribution in [0.4, 0.5) is 13.2 Å². The van der Waals surface area contributed by atoms with E-state index in [0.717, 1.165) is 17.5 Å². The molecule has 3 nitrogen and oxygen atoms in total. The van der Waals surface area contributed by atoms with Crippen LogP contribution in [0.5, 0.6) is 5.75 Å². The number of aromatic hydroxyl groups is 1. The van der Waals surface area contributed by atoms with Crippen LogP contribution in [-0.4, -0.2) is 17.4 Å². The Balaban J connectivity index is 0.000000742. The molecule has 0 bridgehead atoms. The Morgan fingerprint density at radius 3 is 2.19 bits per heavy atom. The van der Waals surface area contributed by atoms with E-state index in [-0.39, 0.29) is 5.56 Å². The van der Waals surface area contributed by atoms with Crippen molar-refractivity contribution < 1.29 is 18.3 Å². The molecule has 0 fully saturated rings. The van der Waals surface area contributed by atoms with Gasteiger partial charge >= 0.3 is 6.18 Å². The molecule has 1 aliphatic heterocycles. The van der Waals surface area contributed by atoms with Crippen molar-refractivity contribution in [1.29, 1.82) is 0 Å². The number of hydrogen-bond acceptors (Lipinski definition) is 4. The first-order chi connectivity index (χ1) is 17.2. The maximum atomic E-state index is 12.7. The molecular weight excluding hydrogens is 481 g/mol. The molecule has 36 heavy (non-hydrogen) atoms. The quantitative estimate of drug-likeness (QED) is 0.353. The fourth-order valence-corrected chi connectivity index (χ4v) is 4.24. The predicted octanol–water partition coefficient (Wildman–Crippen LogP) is 9.68. The van der Waals surface area contributed by atoms with Crippen molar-refractivity contribution in [3.05, 3.63) is 57.3 Å². The Bertz CT molecular complexity index is 933. The average molecular weight is 527 g/mol. The van der Waals surface area contributed by atoms with Crippen molar-refractivity contribution >= 4 is 22.7 Å². The van der Waals surface area contributed by atoms with Gasteiger partial charge in [-0.1, -0.05) is 87.0 Å². The molecule has 1 aromatic heterocycles. The first kappa shape index (κ1) is 33.7. The van der Waals surface area contributed by atoms with Crippen molar-refractivity contribution in [3.63, 3.8) is 0 Å². The molecule has 3 rings (SSSR count). The lowest BCUT2D eigenvalue weighted by Gasteiger charge is -2.12. The minimum Gasteiger partial charge on any atom is -0.507 e. The second-order valence-electron chi connectivity index (χ2n) is 8.14. The van der Waals surface area contributed by atoms with E-state index < -0.39 is 17.5 Å². The third-order valence-electron chi connectivity index (χ3n) is 5.62. The van der Waals surface area contributed by atoms with Gasteiger partial charge in [-0.2, -0.15) is 24.5 Å². The van der Waals surface area contributed by atoms with Crippen LogP contribution in [0, 0.1) is 5.92 Å². The van der Waals surface area contributed by atoms with Gasteiger partial charge in [-0.05, 0) is 30.2 Å². The van der Waals surface area contributed by atoms with Crippen molar-refractivity contribution in [3.8, 4) is 5.75 Å². The van der Waals surface area contributed by atoms with Gasteiger partial charge in [0.25, 0.3) is 0 Å². The van der Waals surface area contributed by atoms with Gasteiger partial charge in [0.05, 0.1) is 17.8 Å². The third kappa shape index (κ3) is 10.8. The number of halogens is 3. The highest BCUT2D eigenvalue weighted by Crippen LogP contribution is 2.35. The summed E-state index contributed by atoms with van der Waals surface area (Å²) in [6.45, 7) is 15.2. The Morgan fingerprint density at radius 1 is 1.00 bits per heavy atom. The number of aliphatic imine (C=N–C) groups is 1. The van der Waals surface area contributed by atoms with E-state index in [1.54, 1.807) is 6.08 Å². The van der Waals surface area contributed by atoms with Crippen LogP contribution in [0.15, 0.2) is 40.0 Å². The van der Waals surface area contributed by atoms with Gasteiger partial charge in [0.15, 0.2) is 0 Å². The highest BCUT2D eigenvalue weighted by molar-refractivity contribution is 7.08. The molecule has 0 radical (unpaired) electrons. The van der Waals surface area contributed by atoms with E-state index in [2.05, 4.69) is 25.8 Å². The summed E-state index contributed by atoms with van der Waals surface area (Å²) in [7, 11) is 0. The number of fused-ring (bicyclic) bond motifs is 1. The zero-order valence-electron chi connectivity index (χ0n) is 23.0. The van der Waals surface area contributed by atoms with Crippen LogP contribution >= 0.6 is 11.3 Å². The first-order valence-electron chi connectivity index (χ1n) is 13.2. The van der Waals surface area contributed by atoms with Gasteiger partial charge in [0.2, 0.25) is 0 Å². The number of hydrogen-bond donors (Lipinski definition) is 2. The summed E-state index contributed by atoms with van der Waals surface area (Å²) < 4.78 is 38.0. The number of rotatable bonds is 7.